The third-order valence-corrected chi connectivity index (χ3v) is 6.88. The number of aliphatic hydroxyl groups excluding tert-OH is 1. The number of amides is 1. The fourth-order valence-electron chi connectivity index (χ4n) is 5.08. The molecule has 2 heterocycles. The van der Waals surface area contributed by atoms with Crippen LogP contribution in [0, 0.1) is 0 Å². The van der Waals surface area contributed by atoms with Crippen LogP contribution in [0.3, 0.4) is 0 Å². The maximum absolute atomic E-state index is 13.3. The lowest BCUT2D eigenvalue weighted by Gasteiger charge is -2.25. The highest BCUT2D eigenvalue weighted by atomic mass is 16.5. The molecule has 0 bridgehead atoms. The normalized spacial score (nSPS) is 19.9. The van der Waals surface area contributed by atoms with Crippen LogP contribution in [0.4, 0.5) is 0 Å². The maximum Gasteiger partial charge on any atom is 0.295 e. The first-order chi connectivity index (χ1) is 18.5. The molecule has 2 aliphatic rings. The number of hydrogen-bond donors (Lipinski definition) is 1. The molecule has 38 heavy (non-hydrogen) atoms. The van der Waals surface area contributed by atoms with Crippen LogP contribution in [-0.2, 0) is 27.4 Å². The topological polar surface area (TPSA) is 85.3 Å². The number of hydrogen-bond acceptors (Lipinski definition) is 6. The number of aliphatic hydroxyl groups is 1. The number of fused-ring (bicyclic) bond motifs is 1. The van der Waals surface area contributed by atoms with E-state index in [0.29, 0.717) is 49.5 Å². The standard InChI is InChI=1S/C31H31NO6/c1-20-16-24-17-23(12-13-26(24)38-20)29(33)27-28(32(14-7-15-36-2)31(35)30(27)34)22-10-6-11-25(18-22)37-19-21-8-4-3-5-9-21/h3-6,8-13,17-18,20,28,33H,7,14-16,19H2,1-2H3/t20-,28-/m0/s1. The van der Waals surface area contributed by atoms with E-state index in [1.165, 1.54) is 4.90 Å². The Bertz CT molecular complexity index is 1370. The molecule has 0 radical (unpaired) electrons. The zero-order valence-corrected chi connectivity index (χ0v) is 21.6. The Balaban J connectivity index is 1.52. The lowest BCUT2D eigenvalue weighted by atomic mass is 9.94. The largest absolute Gasteiger partial charge is 0.507 e. The van der Waals surface area contributed by atoms with Gasteiger partial charge in [0.2, 0.25) is 0 Å². The van der Waals surface area contributed by atoms with Gasteiger partial charge < -0.3 is 24.2 Å². The first-order valence-corrected chi connectivity index (χ1v) is 12.8. The number of ketones is 1. The van der Waals surface area contributed by atoms with Gasteiger partial charge in [0.15, 0.2) is 0 Å². The molecule has 1 amide bonds. The van der Waals surface area contributed by atoms with Gasteiger partial charge in [-0.2, -0.15) is 0 Å². The molecule has 0 aliphatic carbocycles. The zero-order chi connectivity index (χ0) is 26.6. The molecular weight excluding hydrogens is 482 g/mol. The van der Waals surface area contributed by atoms with Crippen molar-refractivity contribution in [2.75, 3.05) is 20.3 Å². The summed E-state index contributed by atoms with van der Waals surface area (Å²) >= 11 is 0. The summed E-state index contributed by atoms with van der Waals surface area (Å²) < 4.78 is 17.0. The summed E-state index contributed by atoms with van der Waals surface area (Å²) in [6, 6.07) is 21.8. The molecule has 2 aliphatic heterocycles. The Labute approximate surface area is 222 Å². The quantitative estimate of drug-likeness (QED) is 0.187. The second kappa shape index (κ2) is 11.1. The number of carbonyl (C=O) groups is 2. The van der Waals surface area contributed by atoms with Gasteiger partial charge in [0.25, 0.3) is 11.7 Å². The third-order valence-electron chi connectivity index (χ3n) is 6.88. The van der Waals surface area contributed by atoms with Gasteiger partial charge in [0.05, 0.1) is 11.6 Å². The number of ether oxygens (including phenoxy) is 3. The van der Waals surface area contributed by atoms with Gasteiger partial charge >= 0.3 is 0 Å². The van der Waals surface area contributed by atoms with Crippen molar-refractivity contribution in [2.45, 2.75) is 38.5 Å². The number of Topliss-reactive ketones (excluding diaryl/α,β-unsaturated/α-hetero) is 1. The van der Waals surface area contributed by atoms with Gasteiger partial charge in [-0.25, -0.2) is 0 Å². The molecule has 1 fully saturated rings. The lowest BCUT2D eigenvalue weighted by Crippen LogP contribution is -2.31. The van der Waals surface area contributed by atoms with Crippen molar-refractivity contribution < 1.29 is 28.9 Å². The van der Waals surface area contributed by atoms with Crippen LogP contribution in [-0.4, -0.2) is 48.1 Å². The van der Waals surface area contributed by atoms with Crippen molar-refractivity contribution in [1.29, 1.82) is 0 Å². The van der Waals surface area contributed by atoms with Crippen molar-refractivity contribution in [3.8, 4) is 11.5 Å². The SMILES string of the molecule is COCCCN1C(=O)C(=O)C(=C(O)c2ccc3c(c2)C[C@H](C)O3)[C@@H]1c1cccc(OCc2ccccc2)c1. The van der Waals surface area contributed by atoms with Crippen molar-refractivity contribution in [3.63, 3.8) is 0 Å². The summed E-state index contributed by atoms with van der Waals surface area (Å²) in [5, 5.41) is 11.4. The highest BCUT2D eigenvalue weighted by molar-refractivity contribution is 6.46. The number of carbonyl (C=O) groups excluding carboxylic acids is 2. The summed E-state index contributed by atoms with van der Waals surface area (Å²) in [5.74, 6) is -0.154. The summed E-state index contributed by atoms with van der Waals surface area (Å²) in [7, 11) is 1.59. The fraction of sp³-hybridized carbons (Fsp3) is 0.290. The molecule has 5 rings (SSSR count). The Morgan fingerprint density at radius 2 is 1.87 bits per heavy atom. The molecule has 2 atom stereocenters. The van der Waals surface area contributed by atoms with Crippen LogP contribution >= 0.6 is 0 Å². The predicted octanol–water partition coefficient (Wildman–Crippen LogP) is 5.05. The van der Waals surface area contributed by atoms with Crippen LogP contribution in [0.15, 0.2) is 78.4 Å². The van der Waals surface area contributed by atoms with Crippen LogP contribution in [0.25, 0.3) is 5.76 Å². The van der Waals surface area contributed by atoms with Gasteiger partial charge in [0, 0.05) is 32.2 Å². The first kappa shape index (κ1) is 25.5. The summed E-state index contributed by atoms with van der Waals surface area (Å²) in [5.41, 5.74) is 3.23. The van der Waals surface area contributed by atoms with Crippen molar-refractivity contribution in [1.82, 2.24) is 4.90 Å². The van der Waals surface area contributed by atoms with Crippen LogP contribution < -0.4 is 9.47 Å². The highest BCUT2D eigenvalue weighted by Crippen LogP contribution is 2.41. The molecule has 7 nitrogen and oxygen atoms in total. The Kier molecular flexibility index (Phi) is 7.47. The molecule has 3 aromatic rings. The Hall–Kier alpha value is -4.10. The Morgan fingerprint density at radius 3 is 2.66 bits per heavy atom. The molecule has 0 spiro atoms. The van der Waals surface area contributed by atoms with Crippen molar-refractivity contribution >= 4 is 17.4 Å². The van der Waals surface area contributed by atoms with Crippen molar-refractivity contribution in [2.24, 2.45) is 0 Å². The molecule has 1 N–H and O–H groups in total. The molecule has 3 aromatic carbocycles. The Morgan fingerprint density at radius 1 is 1.05 bits per heavy atom. The minimum atomic E-state index is -0.754. The van der Waals surface area contributed by atoms with Gasteiger partial charge in [-0.15, -0.1) is 0 Å². The molecule has 196 valence electrons. The van der Waals surface area contributed by atoms with Gasteiger partial charge in [-0.1, -0.05) is 42.5 Å². The van der Waals surface area contributed by atoms with Crippen molar-refractivity contribution in [3.05, 3.63) is 101 Å². The molecule has 7 heteroatoms. The van der Waals surface area contributed by atoms with E-state index in [0.717, 1.165) is 16.9 Å². The van der Waals surface area contributed by atoms with E-state index in [-0.39, 0.29) is 17.4 Å². The smallest absolute Gasteiger partial charge is 0.295 e. The maximum atomic E-state index is 13.3. The third kappa shape index (κ3) is 5.15. The zero-order valence-electron chi connectivity index (χ0n) is 21.6. The number of benzene rings is 3. The van der Waals surface area contributed by atoms with Crippen LogP contribution in [0.5, 0.6) is 11.5 Å². The number of likely N-dealkylation sites (tertiary alicyclic amines) is 1. The minimum absolute atomic E-state index is 0.0485. The fourth-order valence-corrected chi connectivity index (χ4v) is 5.08. The molecule has 1 saturated heterocycles. The monoisotopic (exact) mass is 513 g/mol. The van der Waals surface area contributed by atoms with E-state index in [1.807, 2.05) is 67.6 Å². The van der Waals surface area contributed by atoms with E-state index in [2.05, 4.69) is 0 Å². The second-order valence-corrected chi connectivity index (χ2v) is 9.64. The van der Waals surface area contributed by atoms with Crippen LogP contribution in [0.1, 0.15) is 41.6 Å². The second-order valence-electron chi connectivity index (χ2n) is 9.64. The van der Waals surface area contributed by atoms with Gasteiger partial charge in [-0.05, 0) is 60.4 Å². The number of methoxy groups -OCH3 is 1. The minimum Gasteiger partial charge on any atom is -0.507 e. The molecule has 0 saturated carbocycles. The van der Waals surface area contributed by atoms with E-state index < -0.39 is 17.7 Å². The van der Waals surface area contributed by atoms with Gasteiger partial charge in [0.1, 0.15) is 30.0 Å². The molecule has 0 unspecified atom stereocenters. The molecular formula is C31H31NO6. The van der Waals surface area contributed by atoms with Crippen LogP contribution in [0.2, 0.25) is 0 Å². The highest BCUT2D eigenvalue weighted by Gasteiger charge is 2.46. The van der Waals surface area contributed by atoms with E-state index in [4.69, 9.17) is 14.2 Å². The average Bonchev–Trinajstić information content (AvgIpc) is 3.43. The predicted molar refractivity (Wildman–Crippen MR) is 143 cm³/mol. The lowest BCUT2D eigenvalue weighted by molar-refractivity contribution is -0.140. The van der Waals surface area contributed by atoms with E-state index in [1.54, 1.807) is 19.2 Å². The summed E-state index contributed by atoms with van der Waals surface area (Å²) in [4.78, 5) is 28.0. The summed E-state index contributed by atoms with van der Waals surface area (Å²) in [6.07, 6.45) is 1.32. The van der Waals surface area contributed by atoms with Gasteiger partial charge in [-0.3, -0.25) is 9.59 Å². The number of nitrogens with zero attached hydrogens (tertiary/aromatic N) is 1. The summed E-state index contributed by atoms with van der Waals surface area (Å²) in [6.45, 7) is 3.12. The average molecular weight is 514 g/mol. The number of rotatable bonds is 9. The van der Waals surface area contributed by atoms with E-state index >= 15 is 0 Å². The van der Waals surface area contributed by atoms with E-state index in [9.17, 15) is 14.7 Å². The molecule has 0 aromatic heterocycles. The first-order valence-electron chi connectivity index (χ1n) is 12.8.